The second kappa shape index (κ2) is 10.5. The maximum absolute atomic E-state index is 13.4. The van der Waals surface area contributed by atoms with Crippen LogP contribution in [-0.2, 0) is 26.4 Å². The third-order valence-electron chi connectivity index (χ3n) is 5.22. The van der Waals surface area contributed by atoms with Crippen LogP contribution in [0.2, 0.25) is 0 Å². The van der Waals surface area contributed by atoms with Gasteiger partial charge in [0.1, 0.15) is 5.60 Å². The minimum Gasteiger partial charge on any atom is -0.455 e. The van der Waals surface area contributed by atoms with E-state index in [0.29, 0.717) is 11.1 Å². The van der Waals surface area contributed by atoms with Crippen molar-refractivity contribution in [3.8, 4) is 0 Å². The number of benzene rings is 3. The number of nitrogens with zero attached hydrogens (tertiary/aromatic N) is 1. The van der Waals surface area contributed by atoms with Crippen LogP contribution in [-0.4, -0.2) is 23.3 Å². The van der Waals surface area contributed by atoms with Gasteiger partial charge < -0.3 is 9.47 Å². The molecular formula is C29H31NO4. The summed E-state index contributed by atoms with van der Waals surface area (Å²) in [5.74, 6) is -1.19. The van der Waals surface area contributed by atoms with E-state index in [2.05, 4.69) is 4.99 Å². The largest absolute Gasteiger partial charge is 0.455 e. The van der Waals surface area contributed by atoms with E-state index in [1.54, 1.807) is 52.0 Å². The summed E-state index contributed by atoms with van der Waals surface area (Å²) in [6.07, 6.45) is 0. The highest BCUT2D eigenvalue weighted by atomic mass is 16.6. The number of rotatable bonds is 7. The molecule has 0 saturated heterocycles. The van der Waals surface area contributed by atoms with Crippen molar-refractivity contribution in [1.82, 2.24) is 0 Å². The first kappa shape index (κ1) is 24.9. The van der Waals surface area contributed by atoms with Crippen LogP contribution in [0.1, 0.15) is 54.7 Å². The van der Waals surface area contributed by atoms with Gasteiger partial charge in [-0.3, -0.25) is 4.99 Å². The number of ether oxygens (including phenoxy) is 2. The number of carbonyl (C=O) groups excluding carboxylic acids is 2. The predicted molar refractivity (Wildman–Crippen MR) is 134 cm³/mol. The Bertz CT molecular complexity index is 1150. The molecule has 3 aromatic rings. The topological polar surface area (TPSA) is 65.0 Å². The quantitative estimate of drug-likeness (QED) is 0.320. The van der Waals surface area contributed by atoms with E-state index in [1.165, 1.54) is 0 Å². The minimum absolute atomic E-state index is 0.0272. The predicted octanol–water partition coefficient (Wildman–Crippen LogP) is 6.05. The molecule has 0 aliphatic carbocycles. The molecular weight excluding hydrogens is 426 g/mol. The lowest BCUT2D eigenvalue weighted by Gasteiger charge is -2.32. The summed E-state index contributed by atoms with van der Waals surface area (Å²) in [5.41, 5.74) is 0.775. The lowest BCUT2D eigenvalue weighted by molar-refractivity contribution is -0.147. The molecule has 176 valence electrons. The van der Waals surface area contributed by atoms with Crippen molar-refractivity contribution < 1.29 is 19.1 Å². The fourth-order valence-corrected chi connectivity index (χ4v) is 3.42. The highest BCUT2D eigenvalue weighted by Gasteiger charge is 2.43. The SMILES string of the molecule is Cc1ccc(C(C)(OC(=O)c2ccccc2)C(=NCc2ccccc2)C(=O)OC(C)(C)C)cc1. The third kappa shape index (κ3) is 6.41. The normalized spacial score (nSPS) is 13.6. The van der Waals surface area contributed by atoms with Crippen LogP contribution in [0.5, 0.6) is 0 Å². The van der Waals surface area contributed by atoms with E-state index < -0.39 is 23.1 Å². The molecule has 3 rings (SSSR count). The fourth-order valence-electron chi connectivity index (χ4n) is 3.42. The molecule has 0 amide bonds. The van der Waals surface area contributed by atoms with E-state index in [9.17, 15) is 9.59 Å². The average Bonchev–Trinajstić information content (AvgIpc) is 2.79. The standard InChI is InChI=1S/C29H31NO4/c1-21-16-18-24(19-17-21)29(5,34-26(31)23-14-10-7-11-15-23)25(27(32)33-28(2,3)4)30-20-22-12-8-6-9-13-22/h6-19H,20H2,1-5H3. The molecule has 5 heteroatoms. The summed E-state index contributed by atoms with van der Waals surface area (Å²) in [6, 6.07) is 25.8. The zero-order valence-electron chi connectivity index (χ0n) is 20.4. The number of esters is 2. The third-order valence-corrected chi connectivity index (χ3v) is 5.22. The molecule has 0 bridgehead atoms. The van der Waals surface area contributed by atoms with Gasteiger partial charge >= 0.3 is 11.9 Å². The molecule has 1 atom stereocenters. The van der Waals surface area contributed by atoms with Crippen LogP contribution in [0.15, 0.2) is 89.9 Å². The van der Waals surface area contributed by atoms with Crippen molar-refractivity contribution in [1.29, 1.82) is 0 Å². The minimum atomic E-state index is -1.47. The van der Waals surface area contributed by atoms with Gasteiger partial charge in [-0.1, -0.05) is 78.4 Å². The number of hydrogen-bond donors (Lipinski definition) is 0. The van der Waals surface area contributed by atoms with Gasteiger partial charge in [0.15, 0.2) is 11.3 Å². The molecule has 0 heterocycles. The van der Waals surface area contributed by atoms with Gasteiger partial charge in [-0.2, -0.15) is 0 Å². The van der Waals surface area contributed by atoms with Gasteiger partial charge in [0, 0.05) is 5.56 Å². The second-order valence-electron chi connectivity index (χ2n) is 9.31. The van der Waals surface area contributed by atoms with E-state index >= 15 is 0 Å². The number of aliphatic imine (C=N–C) groups is 1. The van der Waals surface area contributed by atoms with Crippen molar-refractivity contribution in [2.75, 3.05) is 0 Å². The van der Waals surface area contributed by atoms with Crippen LogP contribution >= 0.6 is 0 Å². The van der Waals surface area contributed by atoms with Crippen molar-refractivity contribution in [3.05, 3.63) is 107 Å². The van der Waals surface area contributed by atoms with Crippen LogP contribution in [0.3, 0.4) is 0 Å². The van der Waals surface area contributed by atoms with Crippen LogP contribution < -0.4 is 0 Å². The van der Waals surface area contributed by atoms with Gasteiger partial charge in [-0.15, -0.1) is 0 Å². The van der Waals surface area contributed by atoms with Crippen molar-refractivity contribution in [2.45, 2.75) is 52.4 Å². The Labute approximate surface area is 201 Å². The lowest BCUT2D eigenvalue weighted by Crippen LogP contribution is -2.45. The van der Waals surface area contributed by atoms with Crippen LogP contribution in [0.25, 0.3) is 0 Å². The molecule has 0 saturated carbocycles. The molecule has 5 nitrogen and oxygen atoms in total. The number of hydrogen-bond acceptors (Lipinski definition) is 5. The fraction of sp³-hybridized carbons (Fsp3) is 0.276. The Balaban J connectivity index is 2.12. The molecule has 1 unspecified atom stereocenters. The molecule has 0 fully saturated rings. The summed E-state index contributed by atoms with van der Waals surface area (Å²) in [6.45, 7) is 9.26. The molecule has 0 aromatic heterocycles. The van der Waals surface area contributed by atoms with E-state index in [4.69, 9.17) is 9.47 Å². The maximum atomic E-state index is 13.4. The monoisotopic (exact) mass is 457 g/mol. The molecule has 0 spiro atoms. The Morgan fingerprint density at radius 2 is 1.32 bits per heavy atom. The van der Waals surface area contributed by atoms with E-state index in [1.807, 2.05) is 67.6 Å². The summed E-state index contributed by atoms with van der Waals surface area (Å²) in [7, 11) is 0. The average molecular weight is 458 g/mol. The zero-order valence-corrected chi connectivity index (χ0v) is 20.4. The van der Waals surface area contributed by atoms with Crippen LogP contribution in [0.4, 0.5) is 0 Å². The van der Waals surface area contributed by atoms with Gasteiger partial charge in [0.05, 0.1) is 12.1 Å². The summed E-state index contributed by atoms with van der Waals surface area (Å²) in [4.78, 5) is 31.3. The Morgan fingerprint density at radius 3 is 1.88 bits per heavy atom. The van der Waals surface area contributed by atoms with Gasteiger partial charge in [0.2, 0.25) is 0 Å². The summed E-state index contributed by atoms with van der Waals surface area (Å²) < 4.78 is 11.8. The van der Waals surface area contributed by atoms with Crippen molar-refractivity contribution in [3.63, 3.8) is 0 Å². The van der Waals surface area contributed by atoms with E-state index in [-0.39, 0.29) is 12.3 Å². The zero-order chi connectivity index (χ0) is 24.8. The molecule has 0 aliphatic heterocycles. The Kier molecular flexibility index (Phi) is 7.67. The highest BCUT2D eigenvalue weighted by Crippen LogP contribution is 2.31. The molecule has 0 radical (unpaired) electrons. The lowest BCUT2D eigenvalue weighted by atomic mass is 9.89. The number of aryl methyl sites for hydroxylation is 1. The number of carbonyl (C=O) groups is 2. The van der Waals surface area contributed by atoms with Gasteiger partial charge in [0.25, 0.3) is 0 Å². The van der Waals surface area contributed by atoms with E-state index in [0.717, 1.165) is 11.1 Å². The molecule has 34 heavy (non-hydrogen) atoms. The van der Waals surface area contributed by atoms with Crippen LogP contribution in [0, 0.1) is 6.92 Å². The summed E-state index contributed by atoms with van der Waals surface area (Å²) >= 11 is 0. The second-order valence-corrected chi connectivity index (χ2v) is 9.31. The Hall–Kier alpha value is -3.73. The first-order chi connectivity index (χ1) is 16.1. The van der Waals surface area contributed by atoms with Gasteiger partial charge in [-0.05, 0) is 52.3 Å². The first-order valence-electron chi connectivity index (χ1n) is 11.3. The Morgan fingerprint density at radius 1 is 0.765 bits per heavy atom. The summed E-state index contributed by atoms with van der Waals surface area (Å²) in [5, 5.41) is 0. The maximum Gasteiger partial charge on any atom is 0.357 e. The van der Waals surface area contributed by atoms with Crippen molar-refractivity contribution in [2.24, 2.45) is 4.99 Å². The first-order valence-corrected chi connectivity index (χ1v) is 11.3. The molecule has 3 aromatic carbocycles. The highest BCUT2D eigenvalue weighted by molar-refractivity contribution is 6.40. The van der Waals surface area contributed by atoms with Crippen molar-refractivity contribution >= 4 is 17.7 Å². The molecule has 0 aliphatic rings. The smallest absolute Gasteiger partial charge is 0.357 e. The van der Waals surface area contributed by atoms with Gasteiger partial charge in [-0.25, -0.2) is 9.59 Å². The molecule has 0 N–H and O–H groups in total.